The maximum absolute atomic E-state index is 10.6. The van der Waals surface area contributed by atoms with E-state index in [-0.39, 0.29) is 11.4 Å². The predicted molar refractivity (Wildman–Crippen MR) is 120 cm³/mol. The van der Waals surface area contributed by atoms with Crippen LogP contribution in [0.5, 0.6) is 5.75 Å². The highest BCUT2D eigenvalue weighted by molar-refractivity contribution is 5.66. The second-order valence-corrected chi connectivity index (χ2v) is 9.26. The molecule has 3 aliphatic rings. The molecule has 3 atom stereocenters. The summed E-state index contributed by atoms with van der Waals surface area (Å²) in [5.41, 5.74) is 1.29. The number of piperidine rings is 2. The quantitative estimate of drug-likeness (QED) is 0.610. The number of hydrogen-bond donors (Lipinski definition) is 2. The Balaban J connectivity index is 1.24. The van der Waals surface area contributed by atoms with E-state index in [2.05, 4.69) is 35.7 Å². The van der Waals surface area contributed by atoms with Crippen molar-refractivity contribution >= 4 is 5.82 Å². The zero-order valence-electron chi connectivity index (χ0n) is 18.2. The summed E-state index contributed by atoms with van der Waals surface area (Å²) in [4.78, 5) is 7.01. The van der Waals surface area contributed by atoms with E-state index < -0.39 is 0 Å². The maximum Gasteiger partial charge on any atom is 0.185 e. The standard InChI is InChI=1S/C23H25N9O/c24-11-16-13-31(30-27-16)18-6-7-20(21(33)10-18)23-25-12-22(28-29-23)32(17-4-5-17)19-8-14-2-1-3-15(9-19)26-14/h6-7,10,12-15,17,19,26,33H,1-5,8-9H2/t14-,15+,19-. The van der Waals surface area contributed by atoms with Gasteiger partial charge >= 0.3 is 0 Å². The molecule has 1 saturated carbocycles. The normalized spacial score (nSPS) is 24.3. The molecule has 33 heavy (non-hydrogen) atoms. The Kier molecular flexibility index (Phi) is 4.91. The van der Waals surface area contributed by atoms with E-state index in [1.807, 2.05) is 6.07 Å². The molecule has 0 radical (unpaired) electrons. The lowest BCUT2D eigenvalue weighted by molar-refractivity contribution is 0.215. The van der Waals surface area contributed by atoms with Gasteiger partial charge in [-0.05, 0) is 50.7 Å². The number of phenols is 1. The van der Waals surface area contributed by atoms with Crippen LogP contribution in [-0.2, 0) is 0 Å². The first-order chi connectivity index (χ1) is 16.2. The van der Waals surface area contributed by atoms with Gasteiger partial charge in [-0.25, -0.2) is 9.67 Å². The summed E-state index contributed by atoms with van der Waals surface area (Å²) in [5.74, 6) is 1.22. The number of nitrogens with zero attached hydrogens (tertiary/aromatic N) is 8. The fraction of sp³-hybridized carbons (Fsp3) is 0.478. The summed E-state index contributed by atoms with van der Waals surface area (Å²) in [6, 6.07) is 9.20. The molecule has 0 spiro atoms. The molecule has 0 unspecified atom stereocenters. The van der Waals surface area contributed by atoms with Gasteiger partial charge in [-0.3, -0.25) is 0 Å². The summed E-state index contributed by atoms with van der Waals surface area (Å²) in [6.45, 7) is 0. The van der Waals surface area contributed by atoms with Gasteiger partial charge in [0.1, 0.15) is 11.8 Å². The van der Waals surface area contributed by atoms with Gasteiger partial charge in [0.05, 0.1) is 23.6 Å². The molecule has 4 heterocycles. The Labute approximate surface area is 191 Å². The van der Waals surface area contributed by atoms with Crippen LogP contribution in [0.3, 0.4) is 0 Å². The number of nitriles is 1. The average molecular weight is 444 g/mol. The Bertz CT molecular complexity index is 1190. The van der Waals surface area contributed by atoms with Crippen LogP contribution in [-0.4, -0.2) is 59.4 Å². The number of aromatic nitrogens is 6. The van der Waals surface area contributed by atoms with E-state index in [0.29, 0.717) is 41.2 Å². The van der Waals surface area contributed by atoms with E-state index in [1.54, 1.807) is 24.4 Å². The molecule has 1 aromatic carbocycles. The summed E-state index contributed by atoms with van der Waals surface area (Å²) in [7, 11) is 0. The first kappa shape index (κ1) is 20.1. The van der Waals surface area contributed by atoms with Crippen molar-refractivity contribution in [2.75, 3.05) is 4.90 Å². The summed E-state index contributed by atoms with van der Waals surface area (Å²) in [5, 5.41) is 39.9. The van der Waals surface area contributed by atoms with Gasteiger partial charge in [0.25, 0.3) is 0 Å². The summed E-state index contributed by atoms with van der Waals surface area (Å²) >= 11 is 0. The van der Waals surface area contributed by atoms with Gasteiger partial charge in [0.2, 0.25) is 0 Å². The van der Waals surface area contributed by atoms with Crippen LogP contribution in [0, 0.1) is 11.3 Å². The van der Waals surface area contributed by atoms with Gasteiger partial charge in [0, 0.05) is 30.2 Å². The smallest absolute Gasteiger partial charge is 0.185 e. The minimum absolute atomic E-state index is 0.0151. The Morgan fingerprint density at radius 3 is 2.52 bits per heavy atom. The summed E-state index contributed by atoms with van der Waals surface area (Å²) in [6.07, 6.45) is 11.8. The number of benzene rings is 1. The minimum Gasteiger partial charge on any atom is -0.507 e. The van der Waals surface area contributed by atoms with Crippen molar-refractivity contribution in [2.45, 2.75) is 69.1 Å². The molecule has 2 bridgehead atoms. The molecule has 0 amide bonds. The van der Waals surface area contributed by atoms with Gasteiger partial charge in [0.15, 0.2) is 17.3 Å². The molecular weight excluding hydrogens is 418 g/mol. The molecule has 2 saturated heterocycles. The van der Waals surface area contributed by atoms with Crippen LogP contribution >= 0.6 is 0 Å². The third-order valence-corrected chi connectivity index (χ3v) is 6.93. The Morgan fingerprint density at radius 1 is 1.06 bits per heavy atom. The molecule has 1 aliphatic carbocycles. The molecule has 2 aromatic heterocycles. The van der Waals surface area contributed by atoms with Crippen LogP contribution < -0.4 is 10.2 Å². The molecule has 10 nitrogen and oxygen atoms in total. The molecular formula is C23H25N9O. The number of nitrogens with one attached hydrogen (secondary N) is 1. The highest BCUT2D eigenvalue weighted by Gasteiger charge is 2.40. The van der Waals surface area contributed by atoms with Crippen LogP contribution in [0.2, 0.25) is 0 Å². The van der Waals surface area contributed by atoms with Gasteiger partial charge in [-0.1, -0.05) is 11.6 Å². The third kappa shape index (κ3) is 3.89. The van der Waals surface area contributed by atoms with E-state index >= 15 is 0 Å². The molecule has 10 heteroatoms. The Hall–Kier alpha value is -3.58. The molecule has 168 valence electrons. The van der Waals surface area contributed by atoms with E-state index in [4.69, 9.17) is 5.26 Å². The van der Waals surface area contributed by atoms with Crippen molar-refractivity contribution in [1.82, 2.24) is 35.5 Å². The number of aromatic hydroxyl groups is 1. The third-order valence-electron chi connectivity index (χ3n) is 6.93. The molecule has 3 aromatic rings. The molecule has 2 aliphatic heterocycles. The Morgan fingerprint density at radius 2 is 1.88 bits per heavy atom. The van der Waals surface area contributed by atoms with Gasteiger partial charge in [-0.2, -0.15) is 5.26 Å². The monoisotopic (exact) mass is 443 g/mol. The second-order valence-electron chi connectivity index (χ2n) is 9.26. The number of rotatable bonds is 5. The van der Waals surface area contributed by atoms with Crippen LogP contribution in [0.25, 0.3) is 17.1 Å². The zero-order valence-corrected chi connectivity index (χ0v) is 18.2. The first-order valence-electron chi connectivity index (χ1n) is 11.6. The van der Waals surface area contributed by atoms with Crippen molar-refractivity contribution in [1.29, 1.82) is 5.26 Å². The maximum atomic E-state index is 10.6. The largest absolute Gasteiger partial charge is 0.507 e. The molecule has 2 N–H and O–H groups in total. The van der Waals surface area contributed by atoms with Crippen molar-refractivity contribution in [2.24, 2.45) is 0 Å². The molecule has 3 fully saturated rings. The van der Waals surface area contributed by atoms with Crippen molar-refractivity contribution in [3.8, 4) is 28.9 Å². The molecule has 6 rings (SSSR count). The van der Waals surface area contributed by atoms with Crippen molar-refractivity contribution in [3.63, 3.8) is 0 Å². The van der Waals surface area contributed by atoms with Gasteiger partial charge < -0.3 is 15.3 Å². The highest BCUT2D eigenvalue weighted by Crippen LogP contribution is 2.38. The summed E-state index contributed by atoms with van der Waals surface area (Å²) < 4.78 is 1.44. The minimum atomic E-state index is 0.0151. The SMILES string of the molecule is N#Cc1cn(-c2ccc(-c3ncc(N(C4CC4)[C@@H]4C[C@H]5CCC[C@@H](C4)N5)nn3)c(O)c2)nn1. The first-order valence-corrected chi connectivity index (χ1v) is 11.6. The number of hydrogen-bond acceptors (Lipinski definition) is 9. The highest BCUT2D eigenvalue weighted by atomic mass is 16.3. The van der Waals surface area contributed by atoms with Crippen LogP contribution in [0.4, 0.5) is 5.82 Å². The van der Waals surface area contributed by atoms with E-state index in [9.17, 15) is 5.11 Å². The predicted octanol–water partition coefficient (Wildman–Crippen LogP) is 2.34. The fourth-order valence-corrected chi connectivity index (χ4v) is 5.29. The lowest BCUT2D eigenvalue weighted by Crippen LogP contribution is -2.55. The van der Waals surface area contributed by atoms with E-state index in [1.165, 1.54) is 43.0 Å². The lowest BCUT2D eigenvalue weighted by Gasteiger charge is -2.45. The zero-order chi connectivity index (χ0) is 22.4. The number of phenolic OH excluding ortho intramolecular Hbond substituents is 1. The topological polar surface area (TPSA) is 129 Å². The lowest BCUT2D eigenvalue weighted by atomic mass is 9.83. The van der Waals surface area contributed by atoms with Crippen LogP contribution in [0.1, 0.15) is 50.6 Å². The van der Waals surface area contributed by atoms with Crippen molar-refractivity contribution in [3.05, 3.63) is 36.3 Å². The van der Waals surface area contributed by atoms with Gasteiger partial charge in [-0.15, -0.1) is 15.3 Å². The second kappa shape index (κ2) is 8.08. The van der Waals surface area contributed by atoms with Crippen LogP contribution in [0.15, 0.2) is 30.6 Å². The number of fused-ring (bicyclic) bond motifs is 2. The number of anilines is 1. The average Bonchev–Trinajstić information content (AvgIpc) is 3.54. The fourth-order valence-electron chi connectivity index (χ4n) is 5.29. The van der Waals surface area contributed by atoms with E-state index in [0.717, 1.165) is 18.7 Å². The van der Waals surface area contributed by atoms with Crippen molar-refractivity contribution < 1.29 is 5.11 Å².